The van der Waals surface area contributed by atoms with Gasteiger partial charge in [-0.25, -0.2) is 0 Å². The van der Waals surface area contributed by atoms with E-state index in [0.29, 0.717) is 17.9 Å². The standard InChI is InChI=1S/C11H17N3O2/c1-12-6-7-14(2)11(15)9-4-5-13-8-10(9)16-3/h4-5,8,12H,6-7H2,1-3H3. The first-order chi connectivity index (χ1) is 7.70. The van der Waals surface area contributed by atoms with E-state index in [2.05, 4.69) is 10.3 Å². The van der Waals surface area contributed by atoms with Crippen LogP contribution in [-0.4, -0.2) is 50.1 Å². The molecule has 1 rings (SSSR count). The van der Waals surface area contributed by atoms with Gasteiger partial charge in [0.15, 0.2) is 0 Å². The van der Waals surface area contributed by atoms with Gasteiger partial charge < -0.3 is 15.0 Å². The van der Waals surface area contributed by atoms with Gasteiger partial charge in [-0.05, 0) is 13.1 Å². The predicted molar refractivity (Wildman–Crippen MR) is 61.7 cm³/mol. The number of rotatable bonds is 5. The fourth-order valence-corrected chi connectivity index (χ4v) is 1.31. The molecule has 0 saturated heterocycles. The van der Waals surface area contributed by atoms with Crippen molar-refractivity contribution in [3.8, 4) is 5.75 Å². The second kappa shape index (κ2) is 6.07. The zero-order valence-corrected chi connectivity index (χ0v) is 9.86. The highest BCUT2D eigenvalue weighted by atomic mass is 16.5. The zero-order valence-electron chi connectivity index (χ0n) is 9.86. The van der Waals surface area contributed by atoms with Crippen molar-refractivity contribution in [3.05, 3.63) is 24.0 Å². The molecule has 1 heterocycles. The molecule has 88 valence electrons. The van der Waals surface area contributed by atoms with Gasteiger partial charge in [0.25, 0.3) is 5.91 Å². The predicted octanol–water partition coefficient (Wildman–Crippen LogP) is 0.382. The van der Waals surface area contributed by atoms with Crippen LogP contribution in [0.1, 0.15) is 10.4 Å². The first-order valence-electron chi connectivity index (χ1n) is 5.08. The highest BCUT2D eigenvalue weighted by Gasteiger charge is 2.15. The molecule has 0 fully saturated rings. The number of hydrogen-bond donors (Lipinski definition) is 1. The van der Waals surface area contributed by atoms with Crippen molar-refractivity contribution < 1.29 is 9.53 Å². The lowest BCUT2D eigenvalue weighted by molar-refractivity contribution is 0.0793. The summed E-state index contributed by atoms with van der Waals surface area (Å²) in [5.41, 5.74) is 0.538. The summed E-state index contributed by atoms with van der Waals surface area (Å²) in [6.45, 7) is 1.41. The van der Waals surface area contributed by atoms with Crippen LogP contribution >= 0.6 is 0 Å². The molecule has 0 saturated carbocycles. The molecule has 1 aromatic rings. The van der Waals surface area contributed by atoms with Crippen LogP contribution in [0.15, 0.2) is 18.5 Å². The van der Waals surface area contributed by atoms with E-state index in [1.165, 1.54) is 7.11 Å². The molecule has 0 unspecified atom stereocenters. The highest BCUT2D eigenvalue weighted by Crippen LogP contribution is 2.17. The molecule has 1 aromatic heterocycles. The van der Waals surface area contributed by atoms with Gasteiger partial charge in [0.2, 0.25) is 0 Å². The van der Waals surface area contributed by atoms with Gasteiger partial charge in [0.05, 0.1) is 18.9 Å². The molecule has 16 heavy (non-hydrogen) atoms. The molecule has 5 heteroatoms. The van der Waals surface area contributed by atoms with E-state index >= 15 is 0 Å². The monoisotopic (exact) mass is 223 g/mol. The van der Waals surface area contributed by atoms with Crippen LogP contribution < -0.4 is 10.1 Å². The summed E-state index contributed by atoms with van der Waals surface area (Å²) < 4.78 is 5.10. The van der Waals surface area contributed by atoms with Gasteiger partial charge in [-0.15, -0.1) is 0 Å². The number of likely N-dealkylation sites (N-methyl/N-ethyl adjacent to an activating group) is 2. The lowest BCUT2D eigenvalue weighted by Crippen LogP contribution is -2.33. The van der Waals surface area contributed by atoms with Gasteiger partial charge >= 0.3 is 0 Å². The zero-order chi connectivity index (χ0) is 12.0. The lowest BCUT2D eigenvalue weighted by Gasteiger charge is -2.18. The van der Waals surface area contributed by atoms with Crippen LogP contribution in [0.5, 0.6) is 5.75 Å². The number of nitrogens with one attached hydrogen (secondary N) is 1. The first kappa shape index (κ1) is 12.4. The Morgan fingerprint density at radius 2 is 2.38 bits per heavy atom. The number of carbonyl (C=O) groups excluding carboxylic acids is 1. The van der Waals surface area contributed by atoms with Crippen LogP contribution in [0.3, 0.4) is 0 Å². The molecule has 1 amide bonds. The maximum Gasteiger partial charge on any atom is 0.257 e. The number of nitrogens with zero attached hydrogens (tertiary/aromatic N) is 2. The van der Waals surface area contributed by atoms with Gasteiger partial charge in [0.1, 0.15) is 5.75 Å². The minimum absolute atomic E-state index is 0.0606. The van der Waals surface area contributed by atoms with Gasteiger partial charge in [-0.1, -0.05) is 0 Å². The van der Waals surface area contributed by atoms with Gasteiger partial charge in [-0.2, -0.15) is 0 Å². The minimum Gasteiger partial charge on any atom is -0.494 e. The average Bonchev–Trinajstić information content (AvgIpc) is 2.34. The van der Waals surface area contributed by atoms with E-state index < -0.39 is 0 Å². The van der Waals surface area contributed by atoms with Gasteiger partial charge in [-0.3, -0.25) is 9.78 Å². The molecule has 0 aliphatic carbocycles. The van der Waals surface area contributed by atoms with Crippen molar-refractivity contribution in [1.29, 1.82) is 0 Å². The summed E-state index contributed by atoms with van der Waals surface area (Å²) in [6, 6.07) is 1.66. The average molecular weight is 223 g/mol. The quantitative estimate of drug-likeness (QED) is 0.784. The molecule has 0 bridgehead atoms. The molecular formula is C11H17N3O2. The molecule has 5 nitrogen and oxygen atoms in total. The first-order valence-corrected chi connectivity index (χ1v) is 5.08. The second-order valence-electron chi connectivity index (χ2n) is 3.41. The van der Waals surface area contributed by atoms with Crippen LogP contribution in [-0.2, 0) is 0 Å². The largest absolute Gasteiger partial charge is 0.494 e. The van der Waals surface area contributed by atoms with E-state index in [0.717, 1.165) is 6.54 Å². The molecule has 0 radical (unpaired) electrons. The Morgan fingerprint density at radius 1 is 1.62 bits per heavy atom. The topological polar surface area (TPSA) is 54.5 Å². The molecule has 1 N–H and O–H groups in total. The highest BCUT2D eigenvalue weighted by molar-refractivity contribution is 5.96. The molecule has 0 atom stereocenters. The summed E-state index contributed by atoms with van der Waals surface area (Å²) in [7, 11) is 5.15. The number of methoxy groups -OCH3 is 1. The SMILES string of the molecule is CNCCN(C)C(=O)c1ccncc1OC. The number of aromatic nitrogens is 1. The Bertz CT molecular complexity index is 355. The maximum atomic E-state index is 12.0. The van der Waals surface area contributed by atoms with E-state index in [1.54, 1.807) is 30.4 Å². The van der Waals surface area contributed by atoms with E-state index in [1.807, 2.05) is 7.05 Å². The summed E-state index contributed by atoms with van der Waals surface area (Å²) in [5.74, 6) is 0.443. The molecule has 0 aliphatic heterocycles. The van der Waals surface area contributed by atoms with Crippen molar-refractivity contribution in [2.24, 2.45) is 0 Å². The van der Waals surface area contributed by atoms with Gasteiger partial charge in [0, 0.05) is 26.3 Å². The van der Waals surface area contributed by atoms with Crippen LogP contribution in [0.25, 0.3) is 0 Å². The summed E-state index contributed by atoms with van der Waals surface area (Å²) in [5, 5.41) is 3.00. The number of carbonyl (C=O) groups is 1. The fourth-order valence-electron chi connectivity index (χ4n) is 1.31. The molecule has 0 aliphatic rings. The second-order valence-corrected chi connectivity index (χ2v) is 3.41. The molecular weight excluding hydrogens is 206 g/mol. The van der Waals surface area contributed by atoms with E-state index in [-0.39, 0.29) is 5.91 Å². The summed E-state index contributed by atoms with van der Waals surface area (Å²) in [4.78, 5) is 17.6. The Morgan fingerprint density at radius 3 is 3.00 bits per heavy atom. The van der Waals surface area contributed by atoms with E-state index in [9.17, 15) is 4.79 Å². The van der Waals surface area contributed by atoms with Crippen LogP contribution in [0.4, 0.5) is 0 Å². The Hall–Kier alpha value is -1.62. The Labute approximate surface area is 95.4 Å². The summed E-state index contributed by atoms with van der Waals surface area (Å²) >= 11 is 0. The number of pyridine rings is 1. The summed E-state index contributed by atoms with van der Waals surface area (Å²) in [6.07, 6.45) is 3.13. The normalized spacial score (nSPS) is 9.94. The van der Waals surface area contributed by atoms with Crippen molar-refractivity contribution in [2.45, 2.75) is 0 Å². The number of amides is 1. The fraction of sp³-hybridized carbons (Fsp3) is 0.455. The van der Waals surface area contributed by atoms with Crippen molar-refractivity contribution in [2.75, 3.05) is 34.3 Å². The van der Waals surface area contributed by atoms with Crippen molar-refractivity contribution in [1.82, 2.24) is 15.2 Å². The van der Waals surface area contributed by atoms with Crippen molar-refractivity contribution >= 4 is 5.91 Å². The number of ether oxygens (including phenoxy) is 1. The molecule has 0 spiro atoms. The Balaban J connectivity index is 2.79. The third kappa shape index (κ3) is 2.93. The number of hydrogen-bond acceptors (Lipinski definition) is 4. The third-order valence-corrected chi connectivity index (χ3v) is 2.28. The van der Waals surface area contributed by atoms with Crippen LogP contribution in [0.2, 0.25) is 0 Å². The van der Waals surface area contributed by atoms with Crippen molar-refractivity contribution in [3.63, 3.8) is 0 Å². The third-order valence-electron chi connectivity index (χ3n) is 2.28. The van der Waals surface area contributed by atoms with E-state index in [4.69, 9.17) is 4.74 Å². The lowest BCUT2D eigenvalue weighted by atomic mass is 10.2. The van der Waals surface area contributed by atoms with Crippen LogP contribution in [0, 0.1) is 0 Å². The minimum atomic E-state index is -0.0606. The molecule has 0 aromatic carbocycles. The maximum absolute atomic E-state index is 12.0. The Kier molecular flexibility index (Phi) is 4.72. The smallest absolute Gasteiger partial charge is 0.257 e.